The Hall–Kier alpha value is -1.84. The van der Waals surface area contributed by atoms with Gasteiger partial charge in [0.05, 0.1) is 0 Å². The third kappa shape index (κ3) is 4.34. The van der Waals surface area contributed by atoms with E-state index in [0.717, 1.165) is 37.9 Å². The lowest BCUT2D eigenvalue weighted by Crippen LogP contribution is -2.33. The molecule has 0 amide bonds. The topological polar surface area (TPSA) is 49.3 Å². The Morgan fingerprint density at radius 1 is 1.09 bits per heavy atom. The number of nitrogens with one attached hydrogen (secondary N) is 1. The summed E-state index contributed by atoms with van der Waals surface area (Å²) >= 11 is 0. The number of phenols is 1. The standard InChI is InChI=1S/C19H21NO2.ClH/c21-17-9-5-14(6-10-17)11-12-20-13-16-8-7-15-3-1-2-4-18(15)19(16)22;/h1-6,9-10,16,20-21H,7-8,11-13H2;1H/t16-;/m0./s1. The number of aromatic hydroxyl groups is 1. The van der Waals surface area contributed by atoms with E-state index in [1.807, 2.05) is 30.3 Å². The van der Waals surface area contributed by atoms with Crippen LogP contribution in [-0.2, 0) is 12.8 Å². The Bertz CT molecular complexity index is 655. The van der Waals surface area contributed by atoms with Crippen LogP contribution < -0.4 is 5.32 Å². The lowest BCUT2D eigenvalue weighted by Gasteiger charge is -2.23. The number of ketones is 1. The van der Waals surface area contributed by atoms with Crippen LogP contribution in [0.15, 0.2) is 48.5 Å². The maximum atomic E-state index is 12.5. The van der Waals surface area contributed by atoms with E-state index in [-0.39, 0.29) is 24.1 Å². The van der Waals surface area contributed by atoms with Gasteiger partial charge in [0.1, 0.15) is 5.75 Å². The third-order valence-electron chi connectivity index (χ3n) is 4.33. The van der Waals surface area contributed by atoms with Crippen molar-refractivity contribution >= 4 is 18.2 Å². The van der Waals surface area contributed by atoms with Gasteiger partial charge in [0.15, 0.2) is 5.78 Å². The lowest BCUT2D eigenvalue weighted by atomic mass is 9.83. The summed E-state index contributed by atoms with van der Waals surface area (Å²) in [5, 5.41) is 12.7. The molecule has 1 aliphatic rings. The number of fused-ring (bicyclic) bond motifs is 1. The van der Waals surface area contributed by atoms with E-state index in [1.54, 1.807) is 12.1 Å². The van der Waals surface area contributed by atoms with Crippen LogP contribution in [0, 0.1) is 5.92 Å². The number of benzene rings is 2. The molecular weight excluding hydrogens is 310 g/mol. The van der Waals surface area contributed by atoms with Gasteiger partial charge >= 0.3 is 0 Å². The van der Waals surface area contributed by atoms with E-state index >= 15 is 0 Å². The first-order valence-electron chi connectivity index (χ1n) is 7.85. The molecule has 0 aliphatic heterocycles. The molecule has 1 atom stereocenters. The first-order valence-corrected chi connectivity index (χ1v) is 7.85. The molecule has 0 heterocycles. The number of hydrogen-bond donors (Lipinski definition) is 2. The van der Waals surface area contributed by atoms with E-state index in [1.165, 1.54) is 11.1 Å². The molecule has 23 heavy (non-hydrogen) atoms. The Labute approximate surface area is 143 Å². The van der Waals surface area contributed by atoms with E-state index in [0.29, 0.717) is 5.75 Å². The van der Waals surface area contributed by atoms with Gasteiger partial charge in [0, 0.05) is 18.0 Å². The van der Waals surface area contributed by atoms with Gasteiger partial charge in [-0.2, -0.15) is 0 Å². The summed E-state index contributed by atoms with van der Waals surface area (Å²) < 4.78 is 0. The number of phenolic OH excluding ortho intramolecular Hbond substituents is 1. The Morgan fingerprint density at radius 3 is 2.61 bits per heavy atom. The summed E-state index contributed by atoms with van der Waals surface area (Å²) in [6.45, 7) is 1.58. The zero-order chi connectivity index (χ0) is 15.4. The molecule has 0 unspecified atom stereocenters. The molecule has 4 heteroatoms. The molecule has 122 valence electrons. The molecule has 0 saturated carbocycles. The molecule has 0 spiro atoms. The van der Waals surface area contributed by atoms with Gasteiger partial charge in [-0.25, -0.2) is 0 Å². The summed E-state index contributed by atoms with van der Waals surface area (Å²) in [7, 11) is 0. The van der Waals surface area contributed by atoms with Gasteiger partial charge in [0.2, 0.25) is 0 Å². The molecule has 0 saturated heterocycles. The number of aryl methyl sites for hydroxylation is 1. The maximum absolute atomic E-state index is 12.5. The molecule has 0 bridgehead atoms. The monoisotopic (exact) mass is 331 g/mol. The Kier molecular flexibility index (Phi) is 6.20. The highest BCUT2D eigenvalue weighted by Gasteiger charge is 2.26. The molecule has 1 aliphatic carbocycles. The highest BCUT2D eigenvalue weighted by atomic mass is 35.5. The van der Waals surface area contributed by atoms with Crippen LogP contribution >= 0.6 is 12.4 Å². The fourth-order valence-electron chi connectivity index (χ4n) is 3.03. The second kappa shape index (κ2) is 8.14. The maximum Gasteiger partial charge on any atom is 0.167 e. The van der Waals surface area contributed by atoms with Gasteiger partial charge in [-0.1, -0.05) is 36.4 Å². The van der Waals surface area contributed by atoms with Crippen LogP contribution in [0.1, 0.15) is 27.9 Å². The quantitative estimate of drug-likeness (QED) is 0.826. The number of halogens is 1. The second-order valence-corrected chi connectivity index (χ2v) is 5.88. The van der Waals surface area contributed by atoms with E-state index in [2.05, 4.69) is 11.4 Å². The average molecular weight is 332 g/mol. The van der Waals surface area contributed by atoms with Gasteiger partial charge in [-0.3, -0.25) is 4.79 Å². The molecule has 0 fully saturated rings. The minimum Gasteiger partial charge on any atom is -0.508 e. The van der Waals surface area contributed by atoms with E-state index in [9.17, 15) is 9.90 Å². The third-order valence-corrected chi connectivity index (χ3v) is 4.33. The van der Waals surface area contributed by atoms with Crippen molar-refractivity contribution in [2.24, 2.45) is 5.92 Å². The Morgan fingerprint density at radius 2 is 1.83 bits per heavy atom. The fourth-order valence-corrected chi connectivity index (χ4v) is 3.03. The van der Waals surface area contributed by atoms with Crippen LogP contribution in [0.25, 0.3) is 0 Å². The predicted molar refractivity (Wildman–Crippen MR) is 94.5 cm³/mol. The van der Waals surface area contributed by atoms with Crippen molar-refractivity contribution in [3.05, 3.63) is 65.2 Å². The van der Waals surface area contributed by atoms with Crippen LogP contribution in [0.3, 0.4) is 0 Å². The first kappa shape index (κ1) is 17.5. The van der Waals surface area contributed by atoms with E-state index < -0.39 is 0 Å². The zero-order valence-corrected chi connectivity index (χ0v) is 13.8. The fraction of sp³-hybridized carbons (Fsp3) is 0.316. The number of Topliss-reactive ketones (excluding diaryl/α,β-unsaturated/α-hetero) is 1. The van der Waals surface area contributed by atoms with Crippen LogP contribution in [0.5, 0.6) is 5.75 Å². The Balaban J connectivity index is 0.00000192. The molecular formula is C19H22ClNO2. The van der Waals surface area contributed by atoms with Gasteiger partial charge < -0.3 is 10.4 Å². The van der Waals surface area contributed by atoms with Crippen molar-refractivity contribution in [1.82, 2.24) is 5.32 Å². The molecule has 2 aromatic carbocycles. The summed E-state index contributed by atoms with van der Waals surface area (Å²) in [5.41, 5.74) is 3.28. The van der Waals surface area contributed by atoms with Crippen LogP contribution in [0.4, 0.5) is 0 Å². The van der Waals surface area contributed by atoms with Crippen LogP contribution in [-0.4, -0.2) is 24.0 Å². The van der Waals surface area contributed by atoms with Crippen molar-refractivity contribution in [2.75, 3.05) is 13.1 Å². The molecule has 2 N–H and O–H groups in total. The smallest absolute Gasteiger partial charge is 0.167 e. The minimum absolute atomic E-state index is 0. The first-order chi connectivity index (χ1) is 10.7. The van der Waals surface area contributed by atoms with Gasteiger partial charge in [0.25, 0.3) is 0 Å². The molecule has 3 nitrogen and oxygen atoms in total. The predicted octanol–water partition coefficient (Wildman–Crippen LogP) is 3.39. The van der Waals surface area contributed by atoms with Gasteiger partial charge in [-0.15, -0.1) is 12.4 Å². The number of rotatable bonds is 5. The molecule has 3 rings (SSSR count). The summed E-state index contributed by atoms with van der Waals surface area (Å²) in [6, 6.07) is 15.2. The number of hydrogen-bond acceptors (Lipinski definition) is 3. The highest BCUT2D eigenvalue weighted by Crippen LogP contribution is 2.24. The van der Waals surface area contributed by atoms with Crippen molar-refractivity contribution in [1.29, 1.82) is 0 Å². The van der Waals surface area contributed by atoms with Crippen LogP contribution in [0.2, 0.25) is 0 Å². The summed E-state index contributed by atoms with van der Waals surface area (Å²) in [5.74, 6) is 0.664. The average Bonchev–Trinajstić information content (AvgIpc) is 2.55. The van der Waals surface area contributed by atoms with E-state index in [4.69, 9.17) is 0 Å². The van der Waals surface area contributed by atoms with Gasteiger partial charge in [-0.05, 0) is 49.1 Å². The van der Waals surface area contributed by atoms with Crippen molar-refractivity contribution in [2.45, 2.75) is 19.3 Å². The zero-order valence-electron chi connectivity index (χ0n) is 13.0. The molecule has 0 radical (unpaired) electrons. The second-order valence-electron chi connectivity index (χ2n) is 5.88. The van der Waals surface area contributed by atoms with Crippen molar-refractivity contribution in [3.8, 4) is 5.75 Å². The van der Waals surface area contributed by atoms with Crippen molar-refractivity contribution in [3.63, 3.8) is 0 Å². The number of carbonyl (C=O) groups is 1. The largest absolute Gasteiger partial charge is 0.508 e. The SMILES string of the molecule is Cl.O=C1c2ccccc2CC[C@H]1CNCCc1ccc(O)cc1. The van der Waals surface area contributed by atoms with Crippen molar-refractivity contribution < 1.29 is 9.90 Å². The summed E-state index contributed by atoms with van der Waals surface area (Å²) in [4.78, 5) is 12.5. The number of carbonyl (C=O) groups excluding carboxylic acids is 1. The highest BCUT2D eigenvalue weighted by molar-refractivity contribution is 6.00. The minimum atomic E-state index is 0. The normalized spacial score (nSPS) is 16.5. The molecule has 0 aromatic heterocycles. The summed E-state index contributed by atoms with van der Waals surface area (Å²) in [6.07, 6.45) is 2.83. The molecule has 2 aromatic rings. The lowest BCUT2D eigenvalue weighted by molar-refractivity contribution is 0.0901.